The lowest BCUT2D eigenvalue weighted by molar-refractivity contribution is -0.890. The van der Waals surface area contributed by atoms with Gasteiger partial charge in [-0.25, -0.2) is 0 Å². The van der Waals surface area contributed by atoms with E-state index >= 15 is 0 Å². The molecular formula is C14H21ClNO2+. The van der Waals surface area contributed by atoms with Gasteiger partial charge in [-0.05, 0) is 30.7 Å². The molecule has 0 unspecified atom stereocenters. The zero-order valence-corrected chi connectivity index (χ0v) is 11.5. The highest BCUT2D eigenvalue weighted by Crippen LogP contribution is 2.20. The van der Waals surface area contributed by atoms with E-state index in [1.807, 2.05) is 25.1 Å². The molecule has 0 aromatic heterocycles. The molecular weight excluding hydrogens is 250 g/mol. The molecule has 2 N–H and O–H groups in total. The largest absolute Gasteiger partial charge is 0.491 e. The number of hydrogen-bond acceptors (Lipinski definition) is 2. The summed E-state index contributed by atoms with van der Waals surface area (Å²) in [5, 5.41) is 10.7. The second-order valence-electron chi connectivity index (χ2n) is 5.04. The molecule has 2 rings (SSSR count). The summed E-state index contributed by atoms with van der Waals surface area (Å²) >= 11 is 5.95. The average molecular weight is 271 g/mol. The fourth-order valence-electron chi connectivity index (χ4n) is 2.37. The van der Waals surface area contributed by atoms with Crippen LogP contribution in [0.2, 0.25) is 5.02 Å². The van der Waals surface area contributed by atoms with Crippen LogP contribution in [-0.4, -0.2) is 37.5 Å². The van der Waals surface area contributed by atoms with Crippen LogP contribution in [0.3, 0.4) is 0 Å². The van der Waals surface area contributed by atoms with E-state index in [4.69, 9.17) is 16.3 Å². The van der Waals surface area contributed by atoms with E-state index in [1.54, 1.807) is 0 Å². The molecule has 0 amide bonds. The number of likely N-dealkylation sites (tertiary alicyclic amines) is 1. The third kappa shape index (κ3) is 3.87. The van der Waals surface area contributed by atoms with Gasteiger partial charge in [0.1, 0.15) is 25.0 Å². The molecule has 1 aliphatic rings. The Morgan fingerprint density at radius 2 is 2.11 bits per heavy atom. The van der Waals surface area contributed by atoms with Crippen LogP contribution in [-0.2, 0) is 0 Å². The van der Waals surface area contributed by atoms with Crippen LogP contribution < -0.4 is 9.64 Å². The van der Waals surface area contributed by atoms with Crippen LogP contribution in [0.25, 0.3) is 0 Å². The topological polar surface area (TPSA) is 33.9 Å². The Morgan fingerprint density at radius 1 is 1.39 bits per heavy atom. The van der Waals surface area contributed by atoms with Crippen LogP contribution in [0.15, 0.2) is 18.2 Å². The van der Waals surface area contributed by atoms with Gasteiger partial charge in [0.05, 0.1) is 13.1 Å². The van der Waals surface area contributed by atoms with Crippen LogP contribution in [0.1, 0.15) is 18.4 Å². The number of aliphatic hydroxyl groups is 1. The Labute approximate surface area is 113 Å². The number of nitrogens with one attached hydrogen (secondary N) is 1. The lowest BCUT2D eigenvalue weighted by atomic mass is 10.2. The van der Waals surface area contributed by atoms with Crippen molar-refractivity contribution in [3.05, 3.63) is 28.8 Å². The Morgan fingerprint density at radius 3 is 2.78 bits per heavy atom. The lowest BCUT2D eigenvalue weighted by Crippen LogP contribution is -3.11. The van der Waals surface area contributed by atoms with Gasteiger partial charge in [0, 0.05) is 17.9 Å². The van der Waals surface area contributed by atoms with E-state index in [-0.39, 0.29) is 0 Å². The van der Waals surface area contributed by atoms with Crippen molar-refractivity contribution in [1.29, 1.82) is 0 Å². The lowest BCUT2D eigenvalue weighted by Gasteiger charge is -2.17. The van der Waals surface area contributed by atoms with Gasteiger partial charge in [0.2, 0.25) is 0 Å². The van der Waals surface area contributed by atoms with Gasteiger partial charge in [-0.3, -0.25) is 0 Å². The molecule has 1 aliphatic heterocycles. The molecule has 0 spiro atoms. The second kappa shape index (κ2) is 6.41. The summed E-state index contributed by atoms with van der Waals surface area (Å²) in [4.78, 5) is 1.48. The van der Waals surface area contributed by atoms with Gasteiger partial charge in [-0.15, -0.1) is 0 Å². The summed E-state index contributed by atoms with van der Waals surface area (Å²) < 4.78 is 5.59. The van der Waals surface area contributed by atoms with Crippen molar-refractivity contribution < 1.29 is 14.7 Å². The number of aliphatic hydroxyl groups excluding tert-OH is 1. The Hall–Kier alpha value is -0.770. The van der Waals surface area contributed by atoms with E-state index in [0.717, 1.165) is 22.9 Å². The first-order valence-corrected chi connectivity index (χ1v) is 6.93. The van der Waals surface area contributed by atoms with Crippen molar-refractivity contribution in [1.82, 2.24) is 0 Å². The molecule has 3 nitrogen and oxygen atoms in total. The summed E-state index contributed by atoms with van der Waals surface area (Å²) in [7, 11) is 0. The summed E-state index contributed by atoms with van der Waals surface area (Å²) in [5.41, 5.74) is 0.994. The molecule has 1 saturated heterocycles. The SMILES string of the molecule is Cc1cc(OC[C@H](O)C[NH+]2CCCC2)ccc1Cl. The highest BCUT2D eigenvalue weighted by Gasteiger charge is 2.19. The van der Waals surface area contributed by atoms with Crippen LogP contribution in [0.5, 0.6) is 5.75 Å². The molecule has 4 heteroatoms. The molecule has 0 saturated carbocycles. The fourth-order valence-corrected chi connectivity index (χ4v) is 2.49. The van der Waals surface area contributed by atoms with Crippen molar-refractivity contribution in [3.63, 3.8) is 0 Å². The normalized spacial score (nSPS) is 17.9. The number of benzene rings is 1. The summed E-state index contributed by atoms with van der Waals surface area (Å²) in [5.74, 6) is 0.771. The average Bonchev–Trinajstić information content (AvgIpc) is 2.83. The van der Waals surface area contributed by atoms with E-state index in [2.05, 4.69) is 0 Å². The van der Waals surface area contributed by atoms with E-state index in [0.29, 0.717) is 6.61 Å². The van der Waals surface area contributed by atoms with Crippen molar-refractivity contribution in [2.45, 2.75) is 25.9 Å². The first kappa shape index (κ1) is 13.7. The molecule has 1 atom stereocenters. The smallest absolute Gasteiger partial charge is 0.137 e. The number of ether oxygens (including phenoxy) is 1. The molecule has 0 bridgehead atoms. The number of aryl methyl sites for hydroxylation is 1. The molecule has 1 aromatic rings. The second-order valence-corrected chi connectivity index (χ2v) is 5.44. The standard InChI is InChI=1S/C14H20ClNO2/c1-11-8-13(4-5-14(11)15)18-10-12(17)9-16-6-2-3-7-16/h4-5,8,12,17H,2-3,6-7,9-10H2,1H3/p+1/t12-/m1/s1. The van der Waals surface area contributed by atoms with Gasteiger partial charge < -0.3 is 14.7 Å². The minimum atomic E-state index is -0.394. The van der Waals surface area contributed by atoms with Crippen molar-refractivity contribution in [3.8, 4) is 5.75 Å². The number of quaternary nitrogens is 1. The molecule has 1 heterocycles. The maximum absolute atomic E-state index is 9.92. The van der Waals surface area contributed by atoms with Crippen molar-refractivity contribution in [2.75, 3.05) is 26.2 Å². The quantitative estimate of drug-likeness (QED) is 0.839. The molecule has 1 fully saturated rings. The first-order chi connectivity index (χ1) is 8.65. The predicted molar refractivity (Wildman–Crippen MR) is 72.5 cm³/mol. The van der Waals surface area contributed by atoms with Gasteiger partial charge in [-0.1, -0.05) is 11.6 Å². The fraction of sp³-hybridized carbons (Fsp3) is 0.571. The maximum Gasteiger partial charge on any atom is 0.137 e. The maximum atomic E-state index is 9.92. The number of halogens is 1. The van der Waals surface area contributed by atoms with Crippen molar-refractivity contribution >= 4 is 11.6 Å². The zero-order chi connectivity index (χ0) is 13.0. The van der Waals surface area contributed by atoms with E-state index < -0.39 is 6.10 Å². The molecule has 18 heavy (non-hydrogen) atoms. The minimum Gasteiger partial charge on any atom is -0.491 e. The van der Waals surface area contributed by atoms with Crippen LogP contribution >= 0.6 is 11.6 Å². The van der Waals surface area contributed by atoms with Gasteiger partial charge in [0.15, 0.2) is 0 Å². The summed E-state index contributed by atoms with van der Waals surface area (Å²) in [6, 6.07) is 5.56. The third-order valence-corrected chi connectivity index (χ3v) is 3.83. The summed E-state index contributed by atoms with van der Waals surface area (Å²) in [6.45, 7) is 5.44. The molecule has 0 radical (unpaired) electrons. The summed E-state index contributed by atoms with van der Waals surface area (Å²) in [6.07, 6.45) is 2.16. The highest BCUT2D eigenvalue weighted by atomic mass is 35.5. The Bertz CT molecular complexity index is 391. The highest BCUT2D eigenvalue weighted by molar-refractivity contribution is 6.31. The third-order valence-electron chi connectivity index (χ3n) is 3.41. The van der Waals surface area contributed by atoms with Crippen LogP contribution in [0, 0.1) is 6.92 Å². The zero-order valence-electron chi connectivity index (χ0n) is 10.8. The molecule has 100 valence electrons. The molecule has 0 aliphatic carbocycles. The predicted octanol–water partition coefficient (Wildman–Crippen LogP) is 1.07. The van der Waals surface area contributed by atoms with E-state index in [1.165, 1.54) is 30.8 Å². The molecule has 1 aromatic carbocycles. The monoisotopic (exact) mass is 270 g/mol. The van der Waals surface area contributed by atoms with E-state index in [9.17, 15) is 5.11 Å². The number of rotatable bonds is 5. The number of hydrogen-bond donors (Lipinski definition) is 2. The minimum absolute atomic E-state index is 0.352. The van der Waals surface area contributed by atoms with Gasteiger partial charge >= 0.3 is 0 Å². The van der Waals surface area contributed by atoms with Crippen molar-refractivity contribution in [2.24, 2.45) is 0 Å². The van der Waals surface area contributed by atoms with Gasteiger partial charge in [-0.2, -0.15) is 0 Å². The Balaban J connectivity index is 1.77. The first-order valence-electron chi connectivity index (χ1n) is 6.56. The van der Waals surface area contributed by atoms with Gasteiger partial charge in [0.25, 0.3) is 0 Å². The Kier molecular flexibility index (Phi) is 4.87. The van der Waals surface area contributed by atoms with Crippen LogP contribution in [0.4, 0.5) is 0 Å².